The molecule has 2 heterocycles. The average molecular weight is 308 g/mol. The molecule has 3 rings (SSSR count). The van der Waals surface area contributed by atoms with Gasteiger partial charge in [0.2, 0.25) is 5.91 Å². The number of hydrogen-bond donors (Lipinski definition) is 1. The van der Waals surface area contributed by atoms with E-state index in [9.17, 15) is 9.18 Å². The first-order chi connectivity index (χ1) is 10.9. The van der Waals surface area contributed by atoms with E-state index in [0.717, 1.165) is 17.7 Å². The maximum Gasteiger partial charge on any atom is 0.229 e. The molecule has 0 saturated carbocycles. The lowest BCUT2D eigenvalue weighted by molar-refractivity contribution is -0.120. The molecule has 1 amide bonds. The summed E-state index contributed by atoms with van der Waals surface area (Å²) in [6.45, 7) is 4.01. The molecule has 3 nitrogen and oxygen atoms in total. The molecule has 1 aromatic carbocycles. The van der Waals surface area contributed by atoms with Gasteiger partial charge in [0.1, 0.15) is 5.82 Å². The molecule has 2 aromatic rings. The Hall–Kier alpha value is -2.67. The number of carbonyl (C=O) groups excluding carboxylic acids is 1. The van der Waals surface area contributed by atoms with Crippen molar-refractivity contribution in [1.29, 1.82) is 0 Å². The fraction of sp³-hybridized carbons (Fsp3) is 0.263. The van der Waals surface area contributed by atoms with E-state index in [0.29, 0.717) is 5.56 Å². The van der Waals surface area contributed by atoms with Gasteiger partial charge >= 0.3 is 0 Å². The largest absolute Gasteiger partial charge is 0.351 e. The van der Waals surface area contributed by atoms with Crippen molar-refractivity contribution >= 4 is 5.91 Å². The monoisotopic (exact) mass is 308 g/mol. The van der Waals surface area contributed by atoms with E-state index >= 15 is 0 Å². The quantitative estimate of drug-likeness (QED) is 0.823. The zero-order valence-electron chi connectivity index (χ0n) is 13.1. The summed E-state index contributed by atoms with van der Waals surface area (Å²) in [5.74, 6) is 5.35. The Kier molecular flexibility index (Phi) is 3.87. The van der Waals surface area contributed by atoms with E-state index in [1.54, 1.807) is 18.3 Å². The lowest BCUT2D eigenvalue weighted by atomic mass is 9.94. The number of amides is 1. The smallest absolute Gasteiger partial charge is 0.229 e. The third kappa shape index (κ3) is 3.57. The molecule has 1 aromatic heterocycles. The second-order valence-electron chi connectivity index (χ2n) is 6.36. The van der Waals surface area contributed by atoms with Crippen LogP contribution in [0.4, 0.5) is 4.39 Å². The van der Waals surface area contributed by atoms with Crippen LogP contribution in [-0.4, -0.2) is 16.4 Å². The Morgan fingerprint density at radius 3 is 2.61 bits per heavy atom. The molecule has 0 aliphatic carbocycles. The highest BCUT2D eigenvalue weighted by Crippen LogP contribution is 2.31. The summed E-state index contributed by atoms with van der Waals surface area (Å²) in [6.07, 6.45) is 2.38. The Morgan fingerprint density at radius 2 is 2.00 bits per heavy atom. The number of hydrogen-bond acceptors (Lipinski definition) is 2. The van der Waals surface area contributed by atoms with Gasteiger partial charge in [-0.25, -0.2) is 4.39 Å². The van der Waals surface area contributed by atoms with Crippen LogP contribution in [0.3, 0.4) is 0 Å². The molecule has 1 aliphatic rings. The van der Waals surface area contributed by atoms with Crippen LogP contribution in [-0.2, 0) is 4.79 Å². The highest BCUT2D eigenvalue weighted by Gasteiger charge is 2.38. The molecule has 1 aliphatic heterocycles. The predicted octanol–water partition coefficient (Wildman–Crippen LogP) is 3.00. The van der Waals surface area contributed by atoms with E-state index in [-0.39, 0.29) is 23.2 Å². The molecule has 1 fully saturated rings. The Balaban J connectivity index is 1.77. The van der Waals surface area contributed by atoms with Gasteiger partial charge in [0, 0.05) is 22.9 Å². The molecule has 0 bridgehead atoms. The number of rotatable bonds is 1. The molecule has 1 N–H and O–H groups in total. The van der Waals surface area contributed by atoms with E-state index in [2.05, 4.69) is 22.1 Å². The fourth-order valence-electron chi connectivity index (χ4n) is 2.71. The van der Waals surface area contributed by atoms with Crippen LogP contribution < -0.4 is 5.32 Å². The number of nitrogens with one attached hydrogen (secondary N) is 1. The van der Waals surface area contributed by atoms with E-state index < -0.39 is 0 Å². The van der Waals surface area contributed by atoms with Crippen molar-refractivity contribution in [2.75, 3.05) is 0 Å². The lowest BCUT2D eigenvalue weighted by Gasteiger charge is -2.16. The molecule has 1 saturated heterocycles. The number of aromatic nitrogens is 1. The van der Waals surface area contributed by atoms with Crippen LogP contribution in [0.2, 0.25) is 0 Å². The third-order valence-corrected chi connectivity index (χ3v) is 3.81. The van der Waals surface area contributed by atoms with Crippen LogP contribution in [0.5, 0.6) is 0 Å². The van der Waals surface area contributed by atoms with Crippen molar-refractivity contribution in [3.63, 3.8) is 0 Å². The van der Waals surface area contributed by atoms with Crippen LogP contribution >= 0.6 is 0 Å². The minimum absolute atomic E-state index is 0.0149. The lowest BCUT2D eigenvalue weighted by Crippen LogP contribution is -2.34. The van der Waals surface area contributed by atoms with Gasteiger partial charge in [0.25, 0.3) is 0 Å². The summed E-state index contributed by atoms with van der Waals surface area (Å²) in [5, 5.41) is 2.97. The van der Waals surface area contributed by atoms with Crippen molar-refractivity contribution < 1.29 is 9.18 Å². The SMILES string of the molecule is CC1(C)CC(c2ccc(C#Cc3cccc(F)c3)cn2)C(=O)N1. The van der Waals surface area contributed by atoms with E-state index in [1.807, 2.05) is 26.0 Å². The molecule has 0 spiro atoms. The first kappa shape index (κ1) is 15.2. The standard InChI is InChI=1S/C19H17FN2O/c1-19(2)11-16(18(23)22-19)17-9-8-14(12-21-17)7-6-13-4-3-5-15(20)10-13/h3-5,8-10,12,16H,11H2,1-2H3,(H,22,23). The van der Waals surface area contributed by atoms with Gasteiger partial charge in [-0.15, -0.1) is 0 Å². The van der Waals surface area contributed by atoms with Crippen LogP contribution in [0, 0.1) is 17.7 Å². The molecular formula is C19H17FN2O. The highest BCUT2D eigenvalue weighted by atomic mass is 19.1. The summed E-state index contributed by atoms with van der Waals surface area (Å²) < 4.78 is 13.1. The van der Waals surface area contributed by atoms with Crippen molar-refractivity contribution in [3.05, 3.63) is 65.2 Å². The van der Waals surface area contributed by atoms with Crippen molar-refractivity contribution in [2.45, 2.75) is 31.7 Å². The first-order valence-electron chi connectivity index (χ1n) is 7.48. The number of benzene rings is 1. The van der Waals surface area contributed by atoms with Crippen LogP contribution in [0.15, 0.2) is 42.6 Å². The topological polar surface area (TPSA) is 42.0 Å². The maximum atomic E-state index is 13.1. The summed E-state index contributed by atoms with van der Waals surface area (Å²) in [7, 11) is 0. The van der Waals surface area contributed by atoms with Gasteiger partial charge in [-0.05, 0) is 50.6 Å². The predicted molar refractivity (Wildman–Crippen MR) is 86.2 cm³/mol. The number of carbonyl (C=O) groups is 1. The summed E-state index contributed by atoms with van der Waals surface area (Å²) in [5.41, 5.74) is 1.91. The number of nitrogens with zero attached hydrogens (tertiary/aromatic N) is 1. The van der Waals surface area contributed by atoms with Gasteiger partial charge < -0.3 is 5.32 Å². The normalized spacial score (nSPS) is 18.9. The fourth-order valence-corrected chi connectivity index (χ4v) is 2.71. The maximum absolute atomic E-state index is 13.1. The number of halogens is 1. The minimum Gasteiger partial charge on any atom is -0.351 e. The molecule has 116 valence electrons. The van der Waals surface area contributed by atoms with E-state index in [4.69, 9.17) is 0 Å². The Labute approximate surface area is 134 Å². The van der Waals surface area contributed by atoms with E-state index in [1.165, 1.54) is 12.1 Å². The second-order valence-corrected chi connectivity index (χ2v) is 6.36. The molecule has 0 radical (unpaired) electrons. The molecule has 1 unspecified atom stereocenters. The Bertz CT molecular complexity index is 800. The van der Waals surface area contributed by atoms with Gasteiger partial charge in [0.15, 0.2) is 0 Å². The van der Waals surface area contributed by atoms with Gasteiger partial charge in [-0.3, -0.25) is 9.78 Å². The summed E-state index contributed by atoms with van der Waals surface area (Å²) in [4.78, 5) is 16.4. The zero-order chi connectivity index (χ0) is 16.4. The average Bonchev–Trinajstić information content (AvgIpc) is 2.79. The third-order valence-electron chi connectivity index (χ3n) is 3.81. The summed E-state index contributed by atoms with van der Waals surface area (Å²) in [6, 6.07) is 9.83. The number of pyridine rings is 1. The van der Waals surface area contributed by atoms with Crippen LogP contribution in [0.1, 0.15) is 43.0 Å². The Morgan fingerprint density at radius 1 is 1.22 bits per heavy atom. The molecule has 4 heteroatoms. The van der Waals surface area contributed by atoms with Crippen molar-refractivity contribution in [3.8, 4) is 11.8 Å². The molecule has 1 atom stereocenters. The zero-order valence-corrected chi connectivity index (χ0v) is 13.1. The van der Waals surface area contributed by atoms with Crippen LogP contribution in [0.25, 0.3) is 0 Å². The second kappa shape index (κ2) is 5.85. The molecular weight excluding hydrogens is 291 g/mol. The summed E-state index contributed by atoms with van der Waals surface area (Å²) >= 11 is 0. The molecule has 23 heavy (non-hydrogen) atoms. The first-order valence-corrected chi connectivity index (χ1v) is 7.48. The van der Waals surface area contributed by atoms with Crippen molar-refractivity contribution in [1.82, 2.24) is 10.3 Å². The highest BCUT2D eigenvalue weighted by molar-refractivity contribution is 5.86. The van der Waals surface area contributed by atoms with Crippen molar-refractivity contribution in [2.24, 2.45) is 0 Å². The van der Waals surface area contributed by atoms with Gasteiger partial charge in [-0.2, -0.15) is 0 Å². The van der Waals surface area contributed by atoms with Gasteiger partial charge in [-0.1, -0.05) is 17.9 Å². The minimum atomic E-state index is -0.305. The van der Waals surface area contributed by atoms with Gasteiger partial charge in [0.05, 0.1) is 11.6 Å².